The average molecular weight is 329 g/mol. The fourth-order valence-corrected chi connectivity index (χ4v) is 3.16. The SMILES string of the molecule is CC(=O)N1C=Cc2ccccc2C1CC(=O)NC(CN)CC(C)C. The number of nitrogens with zero attached hydrogens (tertiary/aromatic N) is 1. The van der Waals surface area contributed by atoms with E-state index in [1.54, 1.807) is 11.1 Å². The number of carbonyl (C=O) groups excluding carboxylic acids is 2. The molecule has 0 saturated carbocycles. The summed E-state index contributed by atoms with van der Waals surface area (Å²) in [6.45, 7) is 6.15. The van der Waals surface area contributed by atoms with Crippen molar-refractivity contribution in [3.05, 3.63) is 41.6 Å². The van der Waals surface area contributed by atoms with Crippen LogP contribution in [0.2, 0.25) is 0 Å². The first kappa shape index (κ1) is 18.2. The van der Waals surface area contributed by atoms with Gasteiger partial charge in [0.15, 0.2) is 0 Å². The fraction of sp³-hybridized carbons (Fsp3) is 0.474. The third-order valence-electron chi connectivity index (χ3n) is 4.25. The van der Waals surface area contributed by atoms with Crippen LogP contribution in [0, 0.1) is 5.92 Å². The molecule has 0 radical (unpaired) electrons. The molecule has 130 valence electrons. The van der Waals surface area contributed by atoms with Crippen LogP contribution in [0.1, 0.15) is 50.8 Å². The van der Waals surface area contributed by atoms with Crippen LogP contribution in [-0.2, 0) is 9.59 Å². The second-order valence-corrected chi connectivity index (χ2v) is 6.72. The third kappa shape index (κ3) is 4.45. The molecule has 0 aromatic heterocycles. The second kappa shape index (κ2) is 8.11. The first-order valence-corrected chi connectivity index (χ1v) is 8.47. The van der Waals surface area contributed by atoms with E-state index < -0.39 is 0 Å². The van der Waals surface area contributed by atoms with Crippen LogP contribution in [0.5, 0.6) is 0 Å². The van der Waals surface area contributed by atoms with Crippen LogP contribution < -0.4 is 11.1 Å². The Balaban J connectivity index is 2.14. The number of hydrogen-bond acceptors (Lipinski definition) is 3. The van der Waals surface area contributed by atoms with Gasteiger partial charge in [0, 0.05) is 25.7 Å². The minimum absolute atomic E-state index is 0.0299. The monoisotopic (exact) mass is 329 g/mol. The zero-order valence-corrected chi connectivity index (χ0v) is 14.7. The van der Waals surface area contributed by atoms with Gasteiger partial charge in [-0.05, 0) is 29.5 Å². The zero-order chi connectivity index (χ0) is 17.7. The van der Waals surface area contributed by atoms with E-state index in [1.807, 2.05) is 30.3 Å². The van der Waals surface area contributed by atoms with Gasteiger partial charge < -0.3 is 16.0 Å². The standard InChI is InChI=1S/C19H27N3O2/c1-13(2)10-16(12-20)21-19(24)11-18-17-7-5-4-6-15(17)8-9-22(18)14(3)23/h4-9,13,16,18H,10-12,20H2,1-3H3,(H,21,24). The average Bonchev–Trinajstić information content (AvgIpc) is 2.53. The molecule has 0 bridgehead atoms. The molecule has 1 heterocycles. The van der Waals surface area contributed by atoms with E-state index >= 15 is 0 Å². The Labute approximate surface area is 143 Å². The number of rotatable bonds is 6. The smallest absolute Gasteiger partial charge is 0.223 e. The van der Waals surface area contributed by atoms with Gasteiger partial charge in [0.25, 0.3) is 0 Å². The molecule has 0 spiro atoms. The van der Waals surface area contributed by atoms with E-state index in [0.717, 1.165) is 17.5 Å². The fourth-order valence-electron chi connectivity index (χ4n) is 3.16. The zero-order valence-electron chi connectivity index (χ0n) is 14.7. The lowest BCUT2D eigenvalue weighted by Gasteiger charge is -2.32. The maximum atomic E-state index is 12.5. The lowest BCUT2D eigenvalue weighted by Crippen LogP contribution is -2.43. The van der Waals surface area contributed by atoms with Crippen molar-refractivity contribution in [2.45, 2.75) is 45.7 Å². The van der Waals surface area contributed by atoms with Crippen LogP contribution in [-0.4, -0.2) is 29.3 Å². The summed E-state index contributed by atoms with van der Waals surface area (Å²) < 4.78 is 0. The number of amides is 2. The predicted octanol–water partition coefficient (Wildman–Crippen LogP) is 2.44. The number of fused-ring (bicyclic) bond motifs is 1. The lowest BCUT2D eigenvalue weighted by atomic mass is 9.93. The van der Waals surface area contributed by atoms with Crippen molar-refractivity contribution in [2.75, 3.05) is 6.54 Å². The van der Waals surface area contributed by atoms with Crippen molar-refractivity contribution in [3.8, 4) is 0 Å². The molecule has 1 aliphatic heterocycles. The van der Waals surface area contributed by atoms with Crippen LogP contribution >= 0.6 is 0 Å². The summed E-state index contributed by atoms with van der Waals surface area (Å²) in [4.78, 5) is 26.1. The van der Waals surface area contributed by atoms with Crippen LogP contribution in [0.15, 0.2) is 30.5 Å². The Bertz CT molecular complexity index is 625. The van der Waals surface area contributed by atoms with Crippen molar-refractivity contribution in [1.29, 1.82) is 0 Å². The Morgan fingerprint density at radius 2 is 2.00 bits per heavy atom. The first-order chi connectivity index (χ1) is 11.4. The molecule has 0 saturated heterocycles. The summed E-state index contributed by atoms with van der Waals surface area (Å²) in [6.07, 6.45) is 4.75. The molecular formula is C19H27N3O2. The predicted molar refractivity (Wildman–Crippen MR) is 95.8 cm³/mol. The van der Waals surface area contributed by atoms with E-state index in [2.05, 4.69) is 19.2 Å². The van der Waals surface area contributed by atoms with Crippen molar-refractivity contribution < 1.29 is 9.59 Å². The van der Waals surface area contributed by atoms with Crippen molar-refractivity contribution >= 4 is 17.9 Å². The molecule has 0 aliphatic carbocycles. The Kier molecular flexibility index (Phi) is 6.15. The molecule has 1 aliphatic rings. The van der Waals surface area contributed by atoms with Gasteiger partial charge in [0.1, 0.15) is 0 Å². The number of carbonyl (C=O) groups is 2. The molecule has 0 fully saturated rings. The summed E-state index contributed by atoms with van der Waals surface area (Å²) in [6, 6.07) is 7.55. The van der Waals surface area contributed by atoms with Gasteiger partial charge in [0.05, 0.1) is 12.5 Å². The van der Waals surface area contributed by atoms with Crippen LogP contribution in [0.4, 0.5) is 0 Å². The maximum Gasteiger partial charge on any atom is 0.223 e. The summed E-state index contributed by atoms with van der Waals surface area (Å²) >= 11 is 0. The Morgan fingerprint density at radius 1 is 1.29 bits per heavy atom. The topological polar surface area (TPSA) is 75.4 Å². The normalized spacial score (nSPS) is 17.5. The van der Waals surface area contributed by atoms with Gasteiger partial charge in [-0.3, -0.25) is 9.59 Å². The van der Waals surface area contributed by atoms with E-state index in [-0.39, 0.29) is 30.3 Å². The summed E-state index contributed by atoms with van der Waals surface area (Å²) in [5.74, 6) is 0.314. The molecule has 5 heteroatoms. The van der Waals surface area contributed by atoms with E-state index in [4.69, 9.17) is 5.73 Å². The molecule has 1 aromatic rings. The van der Waals surface area contributed by atoms with Gasteiger partial charge in [-0.15, -0.1) is 0 Å². The molecule has 2 amide bonds. The highest BCUT2D eigenvalue weighted by Gasteiger charge is 2.28. The van der Waals surface area contributed by atoms with Crippen LogP contribution in [0.25, 0.3) is 6.08 Å². The highest BCUT2D eigenvalue weighted by Crippen LogP contribution is 2.32. The molecule has 3 N–H and O–H groups in total. The van der Waals surface area contributed by atoms with E-state index in [9.17, 15) is 9.59 Å². The number of nitrogens with two attached hydrogens (primary N) is 1. The van der Waals surface area contributed by atoms with E-state index in [0.29, 0.717) is 12.5 Å². The molecule has 5 nitrogen and oxygen atoms in total. The molecular weight excluding hydrogens is 302 g/mol. The number of nitrogens with one attached hydrogen (secondary N) is 1. The lowest BCUT2D eigenvalue weighted by molar-refractivity contribution is -0.130. The van der Waals surface area contributed by atoms with Crippen molar-refractivity contribution in [3.63, 3.8) is 0 Å². The van der Waals surface area contributed by atoms with Gasteiger partial charge in [-0.25, -0.2) is 0 Å². The molecule has 24 heavy (non-hydrogen) atoms. The highest BCUT2D eigenvalue weighted by atomic mass is 16.2. The number of hydrogen-bond donors (Lipinski definition) is 2. The van der Waals surface area contributed by atoms with Gasteiger partial charge in [0.2, 0.25) is 11.8 Å². The minimum Gasteiger partial charge on any atom is -0.352 e. The largest absolute Gasteiger partial charge is 0.352 e. The molecule has 2 unspecified atom stereocenters. The summed E-state index contributed by atoms with van der Waals surface area (Å²) in [5, 5.41) is 3.01. The summed E-state index contributed by atoms with van der Waals surface area (Å²) in [5.41, 5.74) is 7.81. The molecule has 2 atom stereocenters. The van der Waals surface area contributed by atoms with Crippen molar-refractivity contribution in [2.24, 2.45) is 11.7 Å². The minimum atomic E-state index is -0.277. The number of benzene rings is 1. The quantitative estimate of drug-likeness (QED) is 0.842. The third-order valence-corrected chi connectivity index (χ3v) is 4.25. The molecule has 2 rings (SSSR count). The Hall–Kier alpha value is -2.14. The van der Waals surface area contributed by atoms with Gasteiger partial charge in [-0.2, -0.15) is 0 Å². The maximum absolute atomic E-state index is 12.5. The van der Waals surface area contributed by atoms with Crippen LogP contribution in [0.3, 0.4) is 0 Å². The first-order valence-electron chi connectivity index (χ1n) is 8.47. The van der Waals surface area contributed by atoms with E-state index in [1.165, 1.54) is 6.92 Å². The Morgan fingerprint density at radius 3 is 2.62 bits per heavy atom. The van der Waals surface area contributed by atoms with Gasteiger partial charge in [-0.1, -0.05) is 38.1 Å². The van der Waals surface area contributed by atoms with Gasteiger partial charge >= 0.3 is 0 Å². The molecule has 1 aromatic carbocycles. The highest BCUT2D eigenvalue weighted by molar-refractivity contribution is 5.82. The van der Waals surface area contributed by atoms with Crippen molar-refractivity contribution in [1.82, 2.24) is 10.2 Å². The second-order valence-electron chi connectivity index (χ2n) is 6.72. The summed E-state index contributed by atoms with van der Waals surface area (Å²) in [7, 11) is 0.